The monoisotopic (exact) mass is 376 g/mol. The summed E-state index contributed by atoms with van der Waals surface area (Å²) in [7, 11) is 0. The van der Waals surface area contributed by atoms with Gasteiger partial charge in [-0.1, -0.05) is 5.16 Å². The molecule has 0 unspecified atom stereocenters. The molecular weight excluding hydrogens is 361 g/mol. The highest BCUT2D eigenvalue weighted by atomic mass is 19.3. The third kappa shape index (κ3) is 3.63. The van der Waals surface area contributed by atoms with Crippen LogP contribution in [0.15, 0.2) is 41.1 Å². The van der Waals surface area contributed by atoms with Crippen molar-refractivity contribution in [3.8, 4) is 22.8 Å². The van der Waals surface area contributed by atoms with Crippen LogP contribution in [-0.2, 0) is 4.74 Å². The van der Waals surface area contributed by atoms with E-state index in [2.05, 4.69) is 15.1 Å². The fraction of sp³-hybridized carbons (Fsp3) is 0.278. The van der Waals surface area contributed by atoms with E-state index in [1.807, 2.05) is 4.90 Å². The molecule has 0 amide bonds. The fourth-order valence-electron chi connectivity index (χ4n) is 2.83. The molecule has 2 aromatic heterocycles. The molecule has 0 atom stereocenters. The molecule has 3 aromatic rings. The Hall–Kier alpha value is -2.94. The van der Waals surface area contributed by atoms with Crippen LogP contribution in [0.2, 0.25) is 0 Å². The Labute approximate surface area is 152 Å². The zero-order valence-electron chi connectivity index (χ0n) is 14.1. The molecule has 9 heteroatoms. The molecule has 1 aromatic carbocycles. The highest BCUT2D eigenvalue weighted by Crippen LogP contribution is 2.28. The lowest BCUT2D eigenvalue weighted by molar-refractivity contribution is 0.122. The van der Waals surface area contributed by atoms with E-state index < -0.39 is 12.2 Å². The first-order valence-electron chi connectivity index (χ1n) is 8.32. The van der Waals surface area contributed by atoms with Crippen LogP contribution < -0.4 is 4.90 Å². The number of hydrogen-bond acceptors (Lipinski definition) is 6. The standard InChI is InChI=1S/C18H15F3N4O2/c19-13-9-11(2-4-15(13)25-5-7-26-8-6-25)18-23-17(24-27-18)12-1-3-14(16(20)21)22-10-12/h1-4,9-10,16H,5-8H2. The highest BCUT2D eigenvalue weighted by molar-refractivity contribution is 5.62. The first kappa shape index (κ1) is 17.5. The molecule has 1 fully saturated rings. The van der Waals surface area contributed by atoms with Gasteiger partial charge in [-0.3, -0.25) is 4.98 Å². The summed E-state index contributed by atoms with van der Waals surface area (Å²) in [6.45, 7) is 2.38. The lowest BCUT2D eigenvalue weighted by atomic mass is 10.1. The zero-order valence-corrected chi connectivity index (χ0v) is 14.1. The third-order valence-electron chi connectivity index (χ3n) is 4.24. The molecule has 0 N–H and O–H groups in total. The quantitative estimate of drug-likeness (QED) is 0.692. The normalized spacial score (nSPS) is 14.7. The number of aromatic nitrogens is 3. The lowest BCUT2D eigenvalue weighted by Gasteiger charge is -2.29. The van der Waals surface area contributed by atoms with Gasteiger partial charge in [-0.05, 0) is 30.3 Å². The first-order valence-corrected chi connectivity index (χ1v) is 8.32. The van der Waals surface area contributed by atoms with E-state index in [0.717, 1.165) is 0 Å². The molecule has 140 valence electrons. The van der Waals surface area contributed by atoms with E-state index in [0.29, 0.717) is 43.1 Å². The van der Waals surface area contributed by atoms with E-state index >= 15 is 0 Å². The van der Waals surface area contributed by atoms with Crippen LogP contribution in [0.25, 0.3) is 22.8 Å². The fourth-order valence-corrected chi connectivity index (χ4v) is 2.83. The van der Waals surface area contributed by atoms with Gasteiger partial charge in [0, 0.05) is 30.4 Å². The molecule has 0 saturated carbocycles. The zero-order chi connectivity index (χ0) is 18.8. The number of rotatable bonds is 4. The van der Waals surface area contributed by atoms with E-state index in [1.165, 1.54) is 24.4 Å². The lowest BCUT2D eigenvalue weighted by Crippen LogP contribution is -2.36. The van der Waals surface area contributed by atoms with Crippen molar-refractivity contribution in [2.24, 2.45) is 0 Å². The average Bonchev–Trinajstić information content (AvgIpc) is 3.19. The maximum atomic E-state index is 14.5. The maximum absolute atomic E-state index is 14.5. The van der Waals surface area contributed by atoms with Crippen LogP contribution in [0.4, 0.5) is 18.9 Å². The van der Waals surface area contributed by atoms with Crippen molar-refractivity contribution >= 4 is 5.69 Å². The molecule has 3 heterocycles. The minimum Gasteiger partial charge on any atom is -0.378 e. The topological polar surface area (TPSA) is 64.3 Å². The number of nitrogens with zero attached hydrogens (tertiary/aromatic N) is 4. The summed E-state index contributed by atoms with van der Waals surface area (Å²) in [4.78, 5) is 9.78. The van der Waals surface area contributed by atoms with Crippen LogP contribution in [0.3, 0.4) is 0 Å². The minimum atomic E-state index is -2.65. The predicted octanol–water partition coefficient (Wildman–Crippen LogP) is 3.71. The number of ether oxygens (including phenoxy) is 1. The van der Waals surface area contributed by atoms with Crippen molar-refractivity contribution in [2.75, 3.05) is 31.2 Å². The van der Waals surface area contributed by atoms with E-state index in [-0.39, 0.29) is 17.4 Å². The smallest absolute Gasteiger partial charge is 0.280 e. The van der Waals surface area contributed by atoms with Gasteiger partial charge < -0.3 is 14.2 Å². The molecule has 1 saturated heterocycles. The summed E-state index contributed by atoms with van der Waals surface area (Å²) in [6.07, 6.45) is -1.40. The van der Waals surface area contributed by atoms with Crippen molar-refractivity contribution in [2.45, 2.75) is 6.43 Å². The molecule has 0 aliphatic carbocycles. The minimum absolute atomic E-state index is 0.135. The molecule has 1 aliphatic rings. The summed E-state index contributed by atoms with van der Waals surface area (Å²) < 4.78 is 50.1. The summed E-state index contributed by atoms with van der Waals surface area (Å²) in [5.41, 5.74) is 1.03. The highest BCUT2D eigenvalue weighted by Gasteiger charge is 2.18. The number of morpholine rings is 1. The summed E-state index contributed by atoms with van der Waals surface area (Å²) in [6, 6.07) is 7.33. The summed E-state index contributed by atoms with van der Waals surface area (Å²) >= 11 is 0. The molecule has 0 radical (unpaired) electrons. The van der Waals surface area contributed by atoms with Crippen LogP contribution in [0.5, 0.6) is 0 Å². The molecule has 4 rings (SSSR count). The van der Waals surface area contributed by atoms with Gasteiger partial charge in [-0.15, -0.1) is 0 Å². The molecular formula is C18H15F3N4O2. The molecule has 1 aliphatic heterocycles. The molecule has 0 bridgehead atoms. The van der Waals surface area contributed by atoms with Crippen LogP contribution >= 0.6 is 0 Å². The SMILES string of the molecule is Fc1cc(-c2nc(-c3ccc(C(F)F)nc3)no2)ccc1N1CCOCC1. The Kier molecular flexibility index (Phi) is 4.76. The number of anilines is 1. The number of alkyl halides is 2. The second-order valence-corrected chi connectivity index (χ2v) is 5.96. The van der Waals surface area contributed by atoms with Crippen molar-refractivity contribution in [1.82, 2.24) is 15.1 Å². The Morgan fingerprint density at radius 1 is 1.04 bits per heavy atom. The van der Waals surface area contributed by atoms with Crippen molar-refractivity contribution in [3.63, 3.8) is 0 Å². The van der Waals surface area contributed by atoms with E-state index in [1.54, 1.807) is 12.1 Å². The van der Waals surface area contributed by atoms with Gasteiger partial charge in [0.1, 0.15) is 11.5 Å². The van der Waals surface area contributed by atoms with Crippen LogP contribution in [0.1, 0.15) is 12.1 Å². The van der Waals surface area contributed by atoms with Gasteiger partial charge >= 0.3 is 0 Å². The number of halogens is 3. The average molecular weight is 376 g/mol. The molecule has 27 heavy (non-hydrogen) atoms. The van der Waals surface area contributed by atoms with Gasteiger partial charge in [0.05, 0.1) is 18.9 Å². The largest absolute Gasteiger partial charge is 0.378 e. The molecule has 6 nitrogen and oxygen atoms in total. The Morgan fingerprint density at radius 2 is 1.81 bits per heavy atom. The van der Waals surface area contributed by atoms with Crippen LogP contribution in [-0.4, -0.2) is 41.4 Å². The number of pyridine rings is 1. The van der Waals surface area contributed by atoms with Crippen molar-refractivity contribution in [3.05, 3.63) is 48.0 Å². The van der Waals surface area contributed by atoms with Gasteiger partial charge in [0.25, 0.3) is 12.3 Å². The van der Waals surface area contributed by atoms with E-state index in [4.69, 9.17) is 9.26 Å². The van der Waals surface area contributed by atoms with Gasteiger partial charge in [-0.2, -0.15) is 4.98 Å². The maximum Gasteiger partial charge on any atom is 0.280 e. The number of benzene rings is 1. The first-order chi connectivity index (χ1) is 13.1. The summed E-state index contributed by atoms with van der Waals surface area (Å²) in [5.74, 6) is -0.0663. The number of hydrogen-bond donors (Lipinski definition) is 0. The van der Waals surface area contributed by atoms with Crippen molar-refractivity contribution < 1.29 is 22.4 Å². The van der Waals surface area contributed by atoms with Gasteiger partial charge in [0.2, 0.25) is 5.82 Å². The second-order valence-electron chi connectivity index (χ2n) is 5.96. The second kappa shape index (κ2) is 7.36. The third-order valence-corrected chi connectivity index (χ3v) is 4.24. The van der Waals surface area contributed by atoms with Crippen LogP contribution in [0, 0.1) is 5.82 Å². The Morgan fingerprint density at radius 3 is 2.48 bits per heavy atom. The predicted molar refractivity (Wildman–Crippen MR) is 90.9 cm³/mol. The van der Waals surface area contributed by atoms with Gasteiger partial charge in [0.15, 0.2) is 0 Å². The van der Waals surface area contributed by atoms with E-state index in [9.17, 15) is 13.2 Å². The van der Waals surface area contributed by atoms with Gasteiger partial charge in [-0.25, -0.2) is 13.2 Å². The summed E-state index contributed by atoms with van der Waals surface area (Å²) in [5, 5.41) is 3.82. The molecule has 0 spiro atoms. The Balaban J connectivity index is 1.56. The Bertz CT molecular complexity index is 925. The van der Waals surface area contributed by atoms with Crippen molar-refractivity contribution in [1.29, 1.82) is 0 Å².